The average Bonchev–Trinajstić information content (AvgIpc) is 3.30. The third-order valence-corrected chi connectivity index (χ3v) is 6.32. The van der Waals surface area contributed by atoms with Crippen molar-refractivity contribution in [3.05, 3.63) is 18.0 Å². The number of aliphatic hydroxyl groups is 1. The smallest absolute Gasteiger partial charge is 0.257 e. The summed E-state index contributed by atoms with van der Waals surface area (Å²) in [7, 11) is 0. The Bertz CT molecular complexity index is 659. The molecule has 0 radical (unpaired) electrons. The normalized spacial score (nSPS) is 31.3. The Kier molecular flexibility index (Phi) is 5.32. The van der Waals surface area contributed by atoms with E-state index in [1.807, 2.05) is 18.7 Å². The number of likely N-dealkylation sites (tertiary alicyclic amines) is 2. The molecular weight excluding hydrogens is 342 g/mol. The van der Waals surface area contributed by atoms with E-state index in [0.29, 0.717) is 23.3 Å². The van der Waals surface area contributed by atoms with Crippen LogP contribution in [0.15, 0.2) is 12.4 Å². The van der Waals surface area contributed by atoms with Crippen molar-refractivity contribution in [3.63, 3.8) is 0 Å². The van der Waals surface area contributed by atoms with E-state index in [0.717, 1.165) is 39.0 Å². The molecule has 1 saturated carbocycles. The van der Waals surface area contributed by atoms with Gasteiger partial charge in [0.2, 0.25) is 5.95 Å². The van der Waals surface area contributed by atoms with Crippen molar-refractivity contribution in [1.82, 2.24) is 19.8 Å². The maximum atomic E-state index is 12.9. The van der Waals surface area contributed by atoms with Gasteiger partial charge in [-0.05, 0) is 64.5 Å². The summed E-state index contributed by atoms with van der Waals surface area (Å²) >= 11 is 0. The van der Waals surface area contributed by atoms with Gasteiger partial charge in [0, 0.05) is 37.6 Å². The Morgan fingerprint density at radius 3 is 2.41 bits per heavy atom. The van der Waals surface area contributed by atoms with E-state index in [-0.39, 0.29) is 24.1 Å². The molecule has 7 nitrogen and oxygen atoms in total. The van der Waals surface area contributed by atoms with Gasteiger partial charge in [-0.3, -0.25) is 9.69 Å². The quantitative estimate of drug-likeness (QED) is 0.834. The Labute approximate surface area is 161 Å². The molecule has 2 saturated heterocycles. The van der Waals surface area contributed by atoms with Gasteiger partial charge in [-0.1, -0.05) is 0 Å². The van der Waals surface area contributed by atoms with Crippen LogP contribution < -0.4 is 5.32 Å². The molecule has 0 unspecified atom stereocenters. The minimum atomic E-state index is -0.260. The Morgan fingerprint density at radius 1 is 1.15 bits per heavy atom. The predicted octanol–water partition coefficient (Wildman–Crippen LogP) is 1.60. The summed E-state index contributed by atoms with van der Waals surface area (Å²) in [5.74, 6) is 1.46. The van der Waals surface area contributed by atoms with Crippen LogP contribution in [0.5, 0.6) is 0 Å². The third kappa shape index (κ3) is 3.94. The van der Waals surface area contributed by atoms with Crippen molar-refractivity contribution in [3.8, 4) is 0 Å². The first-order valence-electron chi connectivity index (χ1n) is 10.3. The van der Waals surface area contributed by atoms with Gasteiger partial charge >= 0.3 is 0 Å². The molecule has 3 aliphatic rings. The fourth-order valence-corrected chi connectivity index (χ4v) is 4.99. The summed E-state index contributed by atoms with van der Waals surface area (Å²) in [6.07, 6.45) is 7.26. The van der Waals surface area contributed by atoms with Crippen molar-refractivity contribution >= 4 is 11.9 Å². The number of rotatable bonds is 4. The van der Waals surface area contributed by atoms with E-state index in [1.165, 1.54) is 12.8 Å². The minimum absolute atomic E-state index is 0.00714. The van der Waals surface area contributed by atoms with Crippen molar-refractivity contribution in [2.45, 2.75) is 57.7 Å². The number of aliphatic hydroxyl groups excluding tert-OH is 1. The lowest BCUT2D eigenvalue weighted by Gasteiger charge is -2.40. The lowest BCUT2D eigenvalue weighted by atomic mass is 9.77. The lowest BCUT2D eigenvalue weighted by Crippen LogP contribution is -2.48. The summed E-state index contributed by atoms with van der Waals surface area (Å²) in [6.45, 7) is 7.79. The van der Waals surface area contributed by atoms with E-state index in [1.54, 1.807) is 12.4 Å². The number of nitrogens with one attached hydrogen (secondary N) is 1. The number of fused-ring (bicyclic) bond motifs is 1. The molecule has 3 fully saturated rings. The topological polar surface area (TPSA) is 81.6 Å². The zero-order valence-corrected chi connectivity index (χ0v) is 16.3. The van der Waals surface area contributed by atoms with Crippen molar-refractivity contribution in [1.29, 1.82) is 0 Å². The molecule has 4 rings (SSSR count). The first kappa shape index (κ1) is 18.6. The van der Waals surface area contributed by atoms with Gasteiger partial charge in [-0.25, -0.2) is 9.97 Å². The van der Waals surface area contributed by atoms with E-state index in [9.17, 15) is 9.90 Å². The predicted molar refractivity (Wildman–Crippen MR) is 104 cm³/mol. The average molecular weight is 374 g/mol. The van der Waals surface area contributed by atoms with Crippen LogP contribution in [0.25, 0.3) is 0 Å². The van der Waals surface area contributed by atoms with Crippen LogP contribution in [0.2, 0.25) is 0 Å². The van der Waals surface area contributed by atoms with Gasteiger partial charge in [0.25, 0.3) is 5.91 Å². The van der Waals surface area contributed by atoms with Crippen molar-refractivity contribution in [2.24, 2.45) is 11.8 Å². The number of carbonyl (C=O) groups excluding carboxylic acids is 1. The highest BCUT2D eigenvalue weighted by Crippen LogP contribution is 2.39. The summed E-state index contributed by atoms with van der Waals surface area (Å²) in [4.78, 5) is 25.8. The number of amides is 1. The molecule has 1 aliphatic carbocycles. The summed E-state index contributed by atoms with van der Waals surface area (Å²) in [5, 5.41) is 13.8. The SMILES string of the molecule is CC(C)Nc1ncc(C(=O)N2C[C@H]3C[C@@H](N4CCCC4)[C@H](O)C[C@H]3C2)cn1. The van der Waals surface area contributed by atoms with Crippen LogP contribution >= 0.6 is 0 Å². The van der Waals surface area contributed by atoms with E-state index in [4.69, 9.17) is 0 Å². The van der Waals surface area contributed by atoms with Crippen LogP contribution in [0.3, 0.4) is 0 Å². The number of nitrogens with zero attached hydrogens (tertiary/aromatic N) is 4. The van der Waals surface area contributed by atoms with Crippen LogP contribution in [0, 0.1) is 11.8 Å². The largest absolute Gasteiger partial charge is 0.391 e. The summed E-state index contributed by atoms with van der Waals surface area (Å²) in [5.41, 5.74) is 0.541. The number of hydrogen-bond donors (Lipinski definition) is 2. The number of hydrogen-bond acceptors (Lipinski definition) is 6. The first-order valence-corrected chi connectivity index (χ1v) is 10.3. The van der Waals surface area contributed by atoms with Gasteiger partial charge in [-0.15, -0.1) is 0 Å². The van der Waals surface area contributed by atoms with Gasteiger partial charge in [0.05, 0.1) is 11.7 Å². The standard InChI is InChI=1S/C20H31N5O2/c1-13(2)23-20-21-9-16(10-22-20)19(27)25-11-14-7-17(24-5-3-4-6-24)18(26)8-15(14)12-25/h9-10,13-15,17-18,26H,3-8,11-12H2,1-2H3,(H,21,22,23)/t14-,15+,17-,18-/m1/s1. The van der Waals surface area contributed by atoms with Crippen LogP contribution in [-0.4, -0.2) is 75.1 Å². The second-order valence-corrected chi connectivity index (χ2v) is 8.67. The van der Waals surface area contributed by atoms with Gasteiger partial charge < -0.3 is 15.3 Å². The molecule has 0 bridgehead atoms. The highest BCUT2D eigenvalue weighted by Gasteiger charge is 2.45. The molecule has 27 heavy (non-hydrogen) atoms. The zero-order chi connectivity index (χ0) is 19.0. The molecule has 7 heteroatoms. The van der Waals surface area contributed by atoms with Gasteiger partial charge in [0.15, 0.2) is 0 Å². The monoisotopic (exact) mass is 373 g/mol. The molecule has 0 aromatic carbocycles. The molecular formula is C20H31N5O2. The summed E-state index contributed by atoms with van der Waals surface area (Å²) < 4.78 is 0. The fraction of sp³-hybridized carbons (Fsp3) is 0.750. The maximum absolute atomic E-state index is 12.9. The fourth-order valence-electron chi connectivity index (χ4n) is 4.99. The Morgan fingerprint density at radius 2 is 1.78 bits per heavy atom. The Balaban J connectivity index is 1.39. The van der Waals surface area contributed by atoms with Crippen LogP contribution in [-0.2, 0) is 0 Å². The van der Waals surface area contributed by atoms with Gasteiger partial charge in [0.1, 0.15) is 0 Å². The molecule has 1 aromatic heterocycles. The molecule has 148 valence electrons. The highest BCUT2D eigenvalue weighted by molar-refractivity contribution is 5.93. The molecule has 1 aromatic rings. The minimum Gasteiger partial charge on any atom is -0.391 e. The lowest BCUT2D eigenvalue weighted by molar-refractivity contribution is -0.000864. The first-order chi connectivity index (χ1) is 13.0. The van der Waals surface area contributed by atoms with E-state index < -0.39 is 0 Å². The molecule has 1 amide bonds. The molecule has 2 N–H and O–H groups in total. The molecule has 4 atom stereocenters. The molecule has 3 heterocycles. The van der Waals surface area contributed by atoms with Crippen molar-refractivity contribution < 1.29 is 9.90 Å². The Hall–Kier alpha value is -1.73. The third-order valence-electron chi connectivity index (χ3n) is 6.32. The summed E-state index contributed by atoms with van der Waals surface area (Å²) in [6, 6.07) is 0.525. The maximum Gasteiger partial charge on any atom is 0.257 e. The van der Waals surface area contributed by atoms with E-state index in [2.05, 4.69) is 20.2 Å². The second-order valence-electron chi connectivity index (χ2n) is 8.67. The number of aromatic nitrogens is 2. The number of carbonyl (C=O) groups is 1. The van der Waals surface area contributed by atoms with Crippen LogP contribution in [0.4, 0.5) is 5.95 Å². The van der Waals surface area contributed by atoms with Crippen molar-refractivity contribution in [2.75, 3.05) is 31.5 Å². The molecule has 2 aliphatic heterocycles. The second kappa shape index (κ2) is 7.72. The van der Waals surface area contributed by atoms with E-state index >= 15 is 0 Å². The van der Waals surface area contributed by atoms with Crippen LogP contribution in [0.1, 0.15) is 49.9 Å². The molecule has 0 spiro atoms. The highest BCUT2D eigenvalue weighted by atomic mass is 16.3. The van der Waals surface area contributed by atoms with Gasteiger partial charge in [-0.2, -0.15) is 0 Å². The zero-order valence-electron chi connectivity index (χ0n) is 16.3. The number of anilines is 1.